The summed E-state index contributed by atoms with van der Waals surface area (Å²) < 4.78 is 175. The molecule has 0 spiro atoms. The van der Waals surface area contributed by atoms with Gasteiger partial charge in [-0.2, -0.15) is 0 Å². The van der Waals surface area contributed by atoms with Crippen LogP contribution in [0.15, 0.2) is 262 Å². The summed E-state index contributed by atoms with van der Waals surface area (Å²) in [5, 5.41) is 5.44. The van der Waals surface area contributed by atoms with Gasteiger partial charge in [0.25, 0.3) is 24.0 Å². The zero-order chi connectivity index (χ0) is 93.9. The molecule has 7 aliphatic heterocycles. The van der Waals surface area contributed by atoms with E-state index in [2.05, 4.69) is 0 Å². The number of benzene rings is 7. The fourth-order valence-corrected chi connectivity index (χ4v) is 20.1. The van der Waals surface area contributed by atoms with Crippen LogP contribution in [0.3, 0.4) is 0 Å². The summed E-state index contributed by atoms with van der Waals surface area (Å²) in [6.07, 6.45) is 5.21. The molecule has 3 unspecified atom stereocenters. The molecule has 15 heterocycles. The first-order chi connectivity index (χ1) is 66.6. The van der Waals surface area contributed by atoms with Gasteiger partial charge in [-0.1, -0.05) is 109 Å². The van der Waals surface area contributed by atoms with E-state index in [0.717, 1.165) is 18.2 Å². The number of cyclic esters (lactones) is 1. The highest BCUT2D eigenvalue weighted by Gasteiger charge is 2.53. The second-order valence-corrected chi connectivity index (χ2v) is 33.2. The van der Waals surface area contributed by atoms with E-state index in [9.17, 15) is 56.3 Å². The van der Waals surface area contributed by atoms with Crippen LogP contribution in [0.25, 0.3) is 67.4 Å². The lowest BCUT2D eigenvalue weighted by Crippen LogP contribution is -2.66. The fourth-order valence-electron chi connectivity index (χ4n) is 20.1. The van der Waals surface area contributed by atoms with Crippen molar-refractivity contribution in [3.63, 3.8) is 0 Å². The first kappa shape index (κ1) is 84.6. The predicted octanol–water partition coefficient (Wildman–Crippen LogP) is 13.8. The number of aryl methyl sites for hydroxylation is 2. The van der Waals surface area contributed by atoms with E-state index in [-0.39, 0.29) is 147 Å². The van der Waals surface area contributed by atoms with Crippen LogP contribution in [-0.4, -0.2) is 130 Å². The Bertz CT molecular complexity index is 7610. The molecular formula is C99H69F6N9O23. The van der Waals surface area contributed by atoms with Gasteiger partial charge in [0.2, 0.25) is 22.0 Å². The second-order valence-electron chi connectivity index (χ2n) is 33.2. The Morgan fingerprint density at radius 2 is 0.679 bits per heavy atom. The molecule has 38 heteroatoms. The number of morpholine rings is 3. The van der Waals surface area contributed by atoms with Gasteiger partial charge >= 0.3 is 17.6 Å². The van der Waals surface area contributed by atoms with Crippen LogP contribution in [0.5, 0.6) is 17.2 Å². The average molecular weight is 1870 g/mol. The van der Waals surface area contributed by atoms with E-state index in [0.29, 0.717) is 95.2 Å². The maximum Gasteiger partial charge on any atom is 0.519 e. The van der Waals surface area contributed by atoms with Crippen LogP contribution < -0.4 is 57.2 Å². The first-order valence-corrected chi connectivity index (χ1v) is 43.2. The van der Waals surface area contributed by atoms with Crippen LogP contribution in [0, 0.1) is 48.8 Å². The molecule has 0 radical (unpaired) electrons. The normalized spacial score (nSPS) is 19.2. The summed E-state index contributed by atoms with van der Waals surface area (Å²) >= 11 is 0. The molecule has 7 aromatic carbocycles. The molecule has 15 aromatic rings. The summed E-state index contributed by atoms with van der Waals surface area (Å²) in [5.41, 5.74) is 5.01. The lowest BCUT2D eigenvalue weighted by Gasteiger charge is -2.51. The molecule has 137 heavy (non-hydrogen) atoms. The summed E-state index contributed by atoms with van der Waals surface area (Å²) in [6.45, 7) is 3.87. The highest BCUT2D eigenvalue weighted by molar-refractivity contribution is 6.00. The van der Waals surface area contributed by atoms with E-state index in [1.807, 2.05) is 87.8 Å². The van der Waals surface area contributed by atoms with E-state index in [1.165, 1.54) is 102 Å². The Morgan fingerprint density at radius 3 is 1.03 bits per heavy atom. The maximum atomic E-state index is 15.9. The fraction of sp³-hybridized carbons (Fsp3) is 0.202. The number of esters is 1. The molecule has 0 bridgehead atoms. The first-order valence-electron chi connectivity index (χ1n) is 43.2. The Kier molecular flexibility index (Phi) is 20.4. The van der Waals surface area contributed by atoms with Crippen molar-refractivity contribution in [3.8, 4) is 84.6 Å². The van der Waals surface area contributed by atoms with E-state index in [1.54, 1.807) is 57.2 Å². The van der Waals surface area contributed by atoms with Gasteiger partial charge in [-0.15, -0.1) is 0 Å². The van der Waals surface area contributed by atoms with Crippen LogP contribution in [-0.2, 0) is 32.2 Å². The number of halogens is 6. The number of amides is 3. The number of fused-ring (bicyclic) bond motifs is 22. The second kappa shape index (κ2) is 32.9. The van der Waals surface area contributed by atoms with E-state index >= 15 is 13.2 Å². The lowest BCUT2D eigenvalue weighted by atomic mass is 9.91. The molecule has 25 rings (SSSR count). The van der Waals surface area contributed by atoms with Gasteiger partial charge in [-0.3, -0.25) is 57.8 Å². The number of pyridine rings is 3. The Morgan fingerprint density at radius 1 is 0.350 bits per heavy atom. The molecule has 3 aliphatic carbocycles. The third kappa shape index (κ3) is 13.4. The number of carbonyl (C=O) groups is 4. The van der Waals surface area contributed by atoms with Crippen LogP contribution in [0.4, 0.5) is 26.3 Å². The van der Waals surface area contributed by atoms with Crippen molar-refractivity contribution in [1.29, 1.82) is 0 Å². The van der Waals surface area contributed by atoms with Gasteiger partial charge < -0.3 is 78.8 Å². The van der Waals surface area contributed by atoms with Gasteiger partial charge in [0.15, 0.2) is 86.5 Å². The Balaban J connectivity index is 0.000000115. The minimum atomic E-state index is -1.27. The van der Waals surface area contributed by atoms with Gasteiger partial charge in [-0.05, 0) is 89.7 Å². The number of hydrogen-bond donors (Lipinski definition) is 0. The Hall–Kier alpha value is -16.6. The number of aromatic nitrogens is 3. The molecule has 32 nitrogen and oxygen atoms in total. The van der Waals surface area contributed by atoms with Gasteiger partial charge in [0.05, 0.1) is 82.1 Å². The minimum Gasteiger partial charge on any atom is -0.479 e. The Labute approximate surface area is 766 Å². The molecule has 3 fully saturated rings. The van der Waals surface area contributed by atoms with Crippen molar-refractivity contribution in [2.75, 3.05) is 74.3 Å². The quantitative estimate of drug-likeness (QED) is 0.0857. The van der Waals surface area contributed by atoms with Crippen LogP contribution in [0.2, 0.25) is 0 Å². The van der Waals surface area contributed by atoms with Crippen LogP contribution >= 0.6 is 0 Å². The SMILES string of the molecule is Cc1oc(=O)oc1COc1c2n(ccc1=O)N(C1c3ccccc3-c3occc3-c3c1ccc(F)c3F)C1COCCN1C2=O.Cc1oc(=O)oc1COc1c2n(ccc1=O)N([C@@H]1c3ccccc3-c3occc3-c3c1ccc(F)c3F)[C@@H]1COCCN1C2=O.O=C1OC(Oc2c3n(ccc2=O)N([C@@H]2c4ccccc4-c4occc4-c4c2ccc(F)c4F)[C@@H]2COCCN2C3=O)c2ccccc21. The molecule has 10 aliphatic rings. The molecule has 7 atom stereocenters. The third-order valence-electron chi connectivity index (χ3n) is 26.1. The highest BCUT2D eigenvalue weighted by Crippen LogP contribution is 2.55. The van der Waals surface area contributed by atoms with Crippen molar-refractivity contribution in [3.05, 3.63) is 379 Å². The number of hydrogen-bond acceptors (Lipinski definition) is 26. The van der Waals surface area contributed by atoms with Crippen molar-refractivity contribution < 1.29 is 110 Å². The molecule has 0 saturated carbocycles. The summed E-state index contributed by atoms with van der Waals surface area (Å²) in [6, 6.07) is 42.4. The predicted molar refractivity (Wildman–Crippen MR) is 466 cm³/mol. The average Bonchev–Trinajstić information content (AvgIpc) is 1.66. The zero-order valence-electron chi connectivity index (χ0n) is 71.6. The molecule has 8 aromatic heterocycles. The number of carbonyl (C=O) groups excluding carboxylic acids is 4. The topological polar surface area (TPSA) is 344 Å². The lowest BCUT2D eigenvalue weighted by molar-refractivity contribution is -0.0417. The number of furan rings is 3. The minimum absolute atomic E-state index is 0.0173. The summed E-state index contributed by atoms with van der Waals surface area (Å²) in [7, 11) is 0. The van der Waals surface area contributed by atoms with Crippen molar-refractivity contribution in [2.24, 2.45) is 0 Å². The van der Waals surface area contributed by atoms with Crippen LogP contribution in [0.1, 0.15) is 128 Å². The standard InChI is InChI=1S/C35H23F2N3O7.2C32H23F2N3O8/c36-24-10-9-22-27(28(24)37)23-12-15-45-31(23)19-6-2-1-5-18(19)29(22)40-26-17-44-16-14-38(26)33(42)30-32(25(41)11-13-39(30)40)46-35-21-8-4-3-7-20(21)34(43)47-35;2*1-16-23(45-32(40)44-16)14-43-30-22(38)8-10-36-28(30)31(39)35-11-13-41-15-24(35)37(36)27-17-4-2-3-5-18(17)29-20(9-12-42-29)25-19(27)6-7-21(33)26(25)34/h1-13,15,26,29,35H,14,16-17H2;2*2-10,12,24,27H,11,13-15H2,1H3/t26-,29-,35?;24-,27-;/m11./s1. The van der Waals surface area contributed by atoms with Gasteiger partial charge in [0, 0.05) is 112 Å². The highest BCUT2D eigenvalue weighted by atomic mass is 19.2. The number of rotatable bonds is 11. The number of nitrogens with zero attached hydrogens (tertiary/aromatic N) is 9. The van der Waals surface area contributed by atoms with Gasteiger partial charge in [0.1, 0.15) is 49.0 Å². The molecule has 0 N–H and O–H groups in total. The molecule has 690 valence electrons. The molecule has 3 amide bonds. The smallest absolute Gasteiger partial charge is 0.479 e. The van der Waals surface area contributed by atoms with Crippen molar-refractivity contribution in [1.82, 2.24) is 28.7 Å². The zero-order valence-corrected chi connectivity index (χ0v) is 71.6. The summed E-state index contributed by atoms with van der Waals surface area (Å²) in [5.74, 6) is -9.47. The van der Waals surface area contributed by atoms with E-state index < -0.39 is 129 Å². The number of ether oxygens (including phenoxy) is 7. The van der Waals surface area contributed by atoms with Gasteiger partial charge in [-0.25, -0.2) is 40.7 Å². The molecular weight excluding hydrogens is 1800 g/mol. The monoisotopic (exact) mass is 1870 g/mol. The molecule has 3 saturated heterocycles. The largest absolute Gasteiger partial charge is 0.519 e. The van der Waals surface area contributed by atoms with E-state index in [4.69, 9.17) is 64.1 Å². The van der Waals surface area contributed by atoms with Crippen molar-refractivity contribution in [2.45, 2.75) is 70.0 Å². The summed E-state index contributed by atoms with van der Waals surface area (Å²) in [4.78, 5) is 123. The van der Waals surface area contributed by atoms with Crippen molar-refractivity contribution >= 4 is 23.7 Å². The third-order valence-corrected chi connectivity index (χ3v) is 26.1. The maximum absolute atomic E-state index is 15.9.